The van der Waals surface area contributed by atoms with E-state index >= 15 is 0 Å². The largest absolute Gasteiger partial charge is 0.493 e. The number of rotatable bonds is 3. The number of halogens is 9. The molecule has 165 valence electrons. The summed E-state index contributed by atoms with van der Waals surface area (Å²) in [6, 6.07) is -0.0509. The zero-order valence-corrected chi connectivity index (χ0v) is 15.8. The molecule has 0 unspecified atom stereocenters. The van der Waals surface area contributed by atoms with Crippen molar-refractivity contribution in [3.63, 3.8) is 0 Å². The van der Waals surface area contributed by atoms with Gasteiger partial charge in [0.05, 0.1) is 11.3 Å². The fourth-order valence-electron chi connectivity index (χ4n) is 2.59. The summed E-state index contributed by atoms with van der Waals surface area (Å²) in [5.41, 5.74) is -4.95. The Morgan fingerprint density at radius 3 is 1.77 bits per heavy atom. The zero-order valence-electron chi connectivity index (χ0n) is 14.6. The van der Waals surface area contributed by atoms with Crippen LogP contribution in [0.1, 0.15) is 21.6 Å². The molecule has 0 saturated carbocycles. The molecule has 0 atom stereocenters. The number of aryl methyl sites for hydroxylation is 1. The first-order valence-electron chi connectivity index (χ1n) is 7.58. The number of aromatic nitrogens is 2. The van der Waals surface area contributed by atoms with E-state index in [4.69, 9.17) is 0 Å². The number of benzene rings is 2. The number of nitrogens with zero attached hydrogens (tertiary/aromatic N) is 2. The first-order valence-corrected chi connectivity index (χ1v) is 7.58. The van der Waals surface area contributed by atoms with Crippen molar-refractivity contribution in [1.29, 1.82) is 0 Å². The standard InChI is InChI=1S/C17H5F9N2O2.Mn/c1-3-6(16(29)4-2-5(18)8(20)9(21)7(4)19)17(30)28(27-3)15-13(25)11(23)10(22)12(24)14(15)26;/h2,30H,1H3;. The van der Waals surface area contributed by atoms with Gasteiger partial charge in [0.1, 0.15) is 11.3 Å². The molecule has 0 aliphatic heterocycles. The second kappa shape index (κ2) is 8.27. The van der Waals surface area contributed by atoms with Crippen LogP contribution >= 0.6 is 0 Å². The summed E-state index contributed by atoms with van der Waals surface area (Å²) < 4.78 is 121. The van der Waals surface area contributed by atoms with Crippen molar-refractivity contribution in [2.24, 2.45) is 0 Å². The van der Waals surface area contributed by atoms with Gasteiger partial charge in [-0.05, 0) is 13.0 Å². The Morgan fingerprint density at radius 2 is 1.26 bits per heavy atom. The van der Waals surface area contributed by atoms with Crippen LogP contribution in [0.4, 0.5) is 39.5 Å². The zero-order chi connectivity index (χ0) is 22.7. The molecule has 1 aromatic heterocycles. The quantitative estimate of drug-likeness (QED) is 0.193. The number of carbonyl (C=O) groups is 1. The van der Waals surface area contributed by atoms with Gasteiger partial charge >= 0.3 is 0 Å². The van der Waals surface area contributed by atoms with Crippen LogP contribution in [-0.4, -0.2) is 20.7 Å². The molecule has 3 aromatic rings. The predicted octanol–water partition coefficient (Wildman–Crippen LogP) is 4.37. The fourth-order valence-corrected chi connectivity index (χ4v) is 2.59. The van der Waals surface area contributed by atoms with Crippen LogP contribution < -0.4 is 0 Å². The van der Waals surface area contributed by atoms with Crippen LogP contribution in [0.5, 0.6) is 5.88 Å². The smallest absolute Gasteiger partial charge is 0.226 e. The summed E-state index contributed by atoms with van der Waals surface area (Å²) in [5, 5.41) is 13.4. The van der Waals surface area contributed by atoms with Gasteiger partial charge < -0.3 is 5.11 Å². The van der Waals surface area contributed by atoms with Crippen LogP contribution in [0.2, 0.25) is 0 Å². The Bertz CT molecular complexity index is 1210. The Hall–Kier alpha value is -2.99. The van der Waals surface area contributed by atoms with E-state index < -0.39 is 86.5 Å². The Labute approximate surface area is 176 Å². The van der Waals surface area contributed by atoms with E-state index in [9.17, 15) is 49.4 Å². The molecular formula is C17H5F9MnN2O2. The van der Waals surface area contributed by atoms with Crippen molar-refractivity contribution >= 4 is 5.78 Å². The molecule has 0 aliphatic rings. The maximum absolute atomic E-state index is 14.0. The maximum atomic E-state index is 14.0. The van der Waals surface area contributed by atoms with Crippen molar-refractivity contribution in [2.45, 2.75) is 6.92 Å². The van der Waals surface area contributed by atoms with Crippen LogP contribution in [-0.2, 0) is 17.1 Å². The van der Waals surface area contributed by atoms with E-state index in [2.05, 4.69) is 5.10 Å². The third-order valence-corrected chi connectivity index (χ3v) is 4.01. The van der Waals surface area contributed by atoms with Gasteiger partial charge in [-0.15, -0.1) is 0 Å². The average molecular weight is 495 g/mol. The third kappa shape index (κ3) is 3.55. The minimum atomic E-state index is -2.51. The Balaban J connectivity index is 0.00000341. The Kier molecular flexibility index (Phi) is 6.48. The molecule has 31 heavy (non-hydrogen) atoms. The maximum Gasteiger partial charge on any atom is 0.226 e. The number of hydrogen-bond acceptors (Lipinski definition) is 3. The average Bonchev–Trinajstić information content (AvgIpc) is 2.99. The van der Waals surface area contributed by atoms with E-state index in [0.29, 0.717) is 0 Å². The summed E-state index contributed by atoms with van der Waals surface area (Å²) in [7, 11) is 0. The molecule has 0 aliphatic carbocycles. The molecular weight excluding hydrogens is 490 g/mol. The molecule has 2 aromatic carbocycles. The topological polar surface area (TPSA) is 55.1 Å². The van der Waals surface area contributed by atoms with E-state index in [1.165, 1.54) is 0 Å². The summed E-state index contributed by atoms with van der Waals surface area (Å²) in [6.45, 7) is 0.893. The van der Waals surface area contributed by atoms with Gasteiger partial charge in [0.25, 0.3) is 0 Å². The molecule has 14 heteroatoms. The van der Waals surface area contributed by atoms with Crippen molar-refractivity contribution in [1.82, 2.24) is 9.78 Å². The first-order chi connectivity index (χ1) is 13.9. The molecule has 1 radical (unpaired) electrons. The van der Waals surface area contributed by atoms with E-state index in [1.807, 2.05) is 0 Å². The molecule has 4 nitrogen and oxygen atoms in total. The second-order valence-corrected chi connectivity index (χ2v) is 5.79. The Morgan fingerprint density at radius 1 is 0.806 bits per heavy atom. The fraction of sp³-hybridized carbons (Fsp3) is 0.0588. The van der Waals surface area contributed by atoms with Gasteiger partial charge in [-0.25, -0.2) is 39.5 Å². The van der Waals surface area contributed by atoms with Crippen molar-refractivity contribution in [3.8, 4) is 11.6 Å². The minimum absolute atomic E-state index is 0. The van der Waals surface area contributed by atoms with Gasteiger partial charge in [0.15, 0.2) is 46.5 Å². The van der Waals surface area contributed by atoms with Crippen LogP contribution in [0.15, 0.2) is 6.07 Å². The SMILES string of the molecule is Cc1nn(-c2c(F)c(F)c(F)c(F)c2F)c(O)c1C(=O)c1cc(F)c(F)c(F)c1F.[Mn]. The number of aromatic hydroxyl groups is 1. The number of hydrogen-bond donors (Lipinski definition) is 1. The molecule has 0 spiro atoms. The summed E-state index contributed by atoms with van der Waals surface area (Å²) in [5.74, 6) is -24.1. The van der Waals surface area contributed by atoms with Crippen LogP contribution in [0.3, 0.4) is 0 Å². The molecule has 1 heterocycles. The minimum Gasteiger partial charge on any atom is -0.493 e. The first kappa shape index (κ1) is 24.3. The molecule has 0 bridgehead atoms. The van der Waals surface area contributed by atoms with E-state index in [-0.39, 0.29) is 27.8 Å². The molecule has 0 amide bonds. The van der Waals surface area contributed by atoms with E-state index in [0.717, 1.165) is 6.92 Å². The van der Waals surface area contributed by atoms with E-state index in [1.54, 1.807) is 0 Å². The van der Waals surface area contributed by atoms with Gasteiger partial charge in [0.2, 0.25) is 17.5 Å². The molecule has 3 rings (SSSR count). The third-order valence-electron chi connectivity index (χ3n) is 4.01. The van der Waals surface area contributed by atoms with Crippen LogP contribution in [0, 0.1) is 59.3 Å². The van der Waals surface area contributed by atoms with Crippen molar-refractivity contribution < 1.29 is 66.5 Å². The van der Waals surface area contributed by atoms with Crippen molar-refractivity contribution in [3.05, 3.63) is 75.2 Å². The van der Waals surface area contributed by atoms with Gasteiger partial charge in [-0.1, -0.05) is 0 Å². The van der Waals surface area contributed by atoms with Gasteiger partial charge in [-0.3, -0.25) is 4.79 Å². The van der Waals surface area contributed by atoms with Gasteiger partial charge in [-0.2, -0.15) is 9.78 Å². The normalized spacial score (nSPS) is 10.9. The molecule has 0 saturated heterocycles. The van der Waals surface area contributed by atoms with Crippen LogP contribution in [0.25, 0.3) is 5.69 Å². The number of carbonyl (C=O) groups excluding carboxylic acids is 1. The predicted molar refractivity (Wildman–Crippen MR) is 79.5 cm³/mol. The number of ketones is 1. The molecule has 1 N–H and O–H groups in total. The second-order valence-electron chi connectivity index (χ2n) is 5.79. The van der Waals surface area contributed by atoms with Gasteiger partial charge in [0, 0.05) is 17.1 Å². The summed E-state index contributed by atoms with van der Waals surface area (Å²) >= 11 is 0. The molecule has 0 fully saturated rings. The summed E-state index contributed by atoms with van der Waals surface area (Å²) in [4.78, 5) is 12.4. The monoisotopic (exact) mass is 495 g/mol. The summed E-state index contributed by atoms with van der Waals surface area (Å²) in [6.07, 6.45) is 0. The van der Waals surface area contributed by atoms with Crippen molar-refractivity contribution in [2.75, 3.05) is 0 Å².